The van der Waals surface area contributed by atoms with Gasteiger partial charge in [-0.05, 0) is 43.7 Å². The molecule has 3 saturated heterocycles. The van der Waals surface area contributed by atoms with Gasteiger partial charge in [-0.2, -0.15) is 0 Å². The lowest BCUT2D eigenvalue weighted by atomic mass is 9.74. The topological polar surface area (TPSA) is 91.8 Å². The molecule has 1 spiro atoms. The van der Waals surface area contributed by atoms with E-state index in [-0.39, 0.29) is 23.7 Å². The lowest BCUT2D eigenvalue weighted by Gasteiger charge is -2.59. The third-order valence-electron chi connectivity index (χ3n) is 8.57. The number of halogens is 2. The number of pyridine rings is 2. The molecule has 12 heteroatoms. The number of rotatable bonds is 7. The first-order valence-corrected chi connectivity index (χ1v) is 15.4. The molecule has 4 aliphatic rings. The minimum absolute atomic E-state index is 0.0987. The van der Waals surface area contributed by atoms with Gasteiger partial charge in [0.05, 0.1) is 46.4 Å². The van der Waals surface area contributed by atoms with Crippen molar-refractivity contribution in [3.8, 4) is 5.75 Å². The van der Waals surface area contributed by atoms with Crippen molar-refractivity contribution in [2.24, 2.45) is 11.3 Å². The molecule has 0 aromatic carbocycles. The lowest BCUT2D eigenvalue weighted by Crippen LogP contribution is -2.72. The van der Waals surface area contributed by atoms with Gasteiger partial charge in [-0.3, -0.25) is 10.4 Å². The molecule has 6 rings (SSSR count). The van der Waals surface area contributed by atoms with Crippen LogP contribution in [0.4, 0.5) is 5.82 Å². The summed E-state index contributed by atoms with van der Waals surface area (Å²) < 4.78 is 26.0. The van der Waals surface area contributed by atoms with Crippen molar-refractivity contribution in [2.75, 3.05) is 44.4 Å². The van der Waals surface area contributed by atoms with Crippen LogP contribution in [0.3, 0.4) is 0 Å². The van der Waals surface area contributed by atoms with Gasteiger partial charge in [0, 0.05) is 68.0 Å². The zero-order chi connectivity index (χ0) is 26.6. The van der Waals surface area contributed by atoms with Crippen LogP contribution >= 0.6 is 23.2 Å². The van der Waals surface area contributed by atoms with Gasteiger partial charge in [0.2, 0.25) is 0 Å². The third-order valence-corrected chi connectivity index (χ3v) is 10.2. The highest BCUT2D eigenvalue weighted by Crippen LogP contribution is 2.46. The molecule has 0 bridgehead atoms. The molecule has 0 amide bonds. The van der Waals surface area contributed by atoms with Gasteiger partial charge in [0.1, 0.15) is 0 Å². The first kappa shape index (κ1) is 26.7. The van der Waals surface area contributed by atoms with Crippen LogP contribution in [-0.4, -0.2) is 70.2 Å². The molecule has 9 nitrogen and oxygen atoms in total. The SMILES string of the molecule is COc1cc(C2NNC3CCC(O[C@H](C)c4c(Cl)cncc4Cl)CC32)cnc1N1CC2(C1)CN(S(C)=O)C2. The smallest absolute Gasteiger partial charge is 0.171 e. The van der Waals surface area contributed by atoms with Gasteiger partial charge < -0.3 is 14.4 Å². The van der Waals surface area contributed by atoms with Gasteiger partial charge in [-0.15, -0.1) is 0 Å². The van der Waals surface area contributed by atoms with E-state index in [1.54, 1.807) is 25.8 Å². The van der Waals surface area contributed by atoms with E-state index in [1.165, 1.54) is 0 Å². The molecule has 38 heavy (non-hydrogen) atoms. The molecule has 1 aliphatic carbocycles. The van der Waals surface area contributed by atoms with Crippen molar-refractivity contribution in [1.29, 1.82) is 0 Å². The summed E-state index contributed by atoms with van der Waals surface area (Å²) in [5.74, 6) is 2.02. The quantitative estimate of drug-likeness (QED) is 0.512. The highest BCUT2D eigenvalue weighted by Gasteiger charge is 2.53. The van der Waals surface area contributed by atoms with E-state index in [2.05, 4.69) is 26.8 Å². The predicted octanol–water partition coefficient (Wildman–Crippen LogP) is 3.67. The van der Waals surface area contributed by atoms with Crippen LogP contribution < -0.4 is 20.5 Å². The third kappa shape index (κ3) is 4.82. The Balaban J connectivity index is 1.12. The Morgan fingerprint density at radius 1 is 1.13 bits per heavy atom. The van der Waals surface area contributed by atoms with Crippen molar-refractivity contribution in [3.63, 3.8) is 0 Å². The van der Waals surface area contributed by atoms with Crippen molar-refractivity contribution in [1.82, 2.24) is 25.1 Å². The van der Waals surface area contributed by atoms with Crippen molar-refractivity contribution < 1.29 is 13.7 Å². The summed E-state index contributed by atoms with van der Waals surface area (Å²) >= 11 is 12.7. The Morgan fingerprint density at radius 2 is 1.87 bits per heavy atom. The van der Waals surface area contributed by atoms with Crippen LogP contribution in [0.2, 0.25) is 10.0 Å². The molecule has 2 aromatic rings. The van der Waals surface area contributed by atoms with Gasteiger partial charge >= 0.3 is 0 Å². The molecule has 4 fully saturated rings. The number of hydrogen-bond acceptors (Lipinski definition) is 8. The summed E-state index contributed by atoms with van der Waals surface area (Å²) in [4.78, 5) is 11.2. The van der Waals surface area contributed by atoms with Gasteiger partial charge in [0.25, 0.3) is 0 Å². The minimum Gasteiger partial charge on any atom is -0.493 e. The molecule has 5 heterocycles. The molecular weight excluding hydrogens is 547 g/mol. The maximum atomic E-state index is 11.7. The molecule has 6 atom stereocenters. The number of nitrogens with zero attached hydrogens (tertiary/aromatic N) is 4. The number of hydrogen-bond donors (Lipinski definition) is 2. The number of aromatic nitrogens is 2. The normalized spacial score (nSPS) is 29.9. The Hall–Kier alpha value is -1.53. The Kier molecular flexibility index (Phi) is 7.35. The zero-order valence-corrected chi connectivity index (χ0v) is 24.2. The molecule has 2 aromatic heterocycles. The van der Waals surface area contributed by atoms with Crippen molar-refractivity contribution >= 4 is 40.0 Å². The summed E-state index contributed by atoms with van der Waals surface area (Å²) in [7, 11) is 0.816. The highest BCUT2D eigenvalue weighted by molar-refractivity contribution is 7.81. The number of methoxy groups -OCH3 is 1. The van der Waals surface area contributed by atoms with E-state index in [0.717, 1.165) is 68.1 Å². The maximum Gasteiger partial charge on any atom is 0.171 e. The lowest BCUT2D eigenvalue weighted by molar-refractivity contribution is -0.0370. The second-order valence-electron chi connectivity index (χ2n) is 11.1. The second kappa shape index (κ2) is 10.5. The maximum absolute atomic E-state index is 11.7. The second-order valence-corrected chi connectivity index (χ2v) is 13.3. The molecule has 2 N–H and O–H groups in total. The fourth-order valence-electron chi connectivity index (χ4n) is 6.64. The standard InChI is InChI=1S/C26H34Cl2N6O3S/c1-15(23-19(27)9-29-10-20(23)28)37-17-4-5-21-18(7-17)24(32-31-21)16-6-22(36-2)25(30-8-16)33-11-26(12-33)13-34(14-26)38(3)35/h6,8-10,15,17-18,21,24,31-32H,4-5,7,11-14H2,1-3H3/t15-,17?,18?,21?,24?,38?/m1/s1. The fraction of sp³-hybridized carbons (Fsp3) is 0.615. The molecule has 5 unspecified atom stereocenters. The predicted molar refractivity (Wildman–Crippen MR) is 149 cm³/mol. The van der Waals surface area contributed by atoms with Crippen LogP contribution in [0.15, 0.2) is 24.7 Å². The Morgan fingerprint density at radius 3 is 2.55 bits per heavy atom. The van der Waals surface area contributed by atoms with E-state index < -0.39 is 11.0 Å². The molecule has 206 valence electrons. The van der Waals surface area contributed by atoms with Crippen molar-refractivity contribution in [3.05, 3.63) is 45.8 Å². The number of anilines is 1. The largest absolute Gasteiger partial charge is 0.493 e. The average Bonchev–Trinajstić information content (AvgIpc) is 3.25. The summed E-state index contributed by atoms with van der Waals surface area (Å²) in [6, 6.07) is 2.59. The van der Waals surface area contributed by atoms with Gasteiger partial charge in [0.15, 0.2) is 11.6 Å². The van der Waals surface area contributed by atoms with Crippen LogP contribution in [-0.2, 0) is 15.7 Å². The van der Waals surface area contributed by atoms with E-state index in [0.29, 0.717) is 22.0 Å². The number of fused-ring (bicyclic) bond motifs is 1. The summed E-state index contributed by atoms with van der Waals surface area (Å²) in [6.07, 6.45) is 9.71. The minimum atomic E-state index is -0.888. The number of hydrazine groups is 1. The van der Waals surface area contributed by atoms with Crippen LogP contribution in [0.1, 0.15) is 49.5 Å². The Bertz CT molecular complexity index is 1200. The first-order chi connectivity index (χ1) is 18.3. The van der Waals surface area contributed by atoms with Gasteiger partial charge in [-0.1, -0.05) is 23.2 Å². The highest BCUT2D eigenvalue weighted by atomic mass is 35.5. The molecule has 1 saturated carbocycles. The fourth-order valence-corrected chi connectivity index (χ4v) is 8.23. The molecular formula is C26H34Cl2N6O3S. The summed E-state index contributed by atoms with van der Waals surface area (Å²) in [6.45, 7) is 5.60. The number of ether oxygens (including phenoxy) is 2. The Labute approximate surface area is 236 Å². The van der Waals surface area contributed by atoms with Crippen LogP contribution in [0, 0.1) is 11.3 Å². The zero-order valence-electron chi connectivity index (χ0n) is 21.8. The van der Waals surface area contributed by atoms with Crippen LogP contribution in [0.25, 0.3) is 0 Å². The first-order valence-electron chi connectivity index (χ1n) is 13.1. The van der Waals surface area contributed by atoms with E-state index in [1.807, 2.05) is 17.4 Å². The monoisotopic (exact) mass is 580 g/mol. The van der Waals surface area contributed by atoms with Crippen molar-refractivity contribution in [2.45, 2.75) is 50.5 Å². The van der Waals surface area contributed by atoms with E-state index in [4.69, 9.17) is 37.7 Å². The summed E-state index contributed by atoms with van der Waals surface area (Å²) in [5.41, 5.74) is 9.15. The van der Waals surface area contributed by atoms with E-state index in [9.17, 15) is 4.21 Å². The summed E-state index contributed by atoms with van der Waals surface area (Å²) in [5, 5.41) is 1.06. The van der Waals surface area contributed by atoms with Crippen LogP contribution in [0.5, 0.6) is 5.75 Å². The number of nitrogens with one attached hydrogen (secondary N) is 2. The molecule has 3 aliphatic heterocycles. The van der Waals surface area contributed by atoms with E-state index >= 15 is 0 Å². The average molecular weight is 582 g/mol. The van der Waals surface area contributed by atoms with Gasteiger partial charge in [-0.25, -0.2) is 18.9 Å². The molecule has 0 radical (unpaired) electrons.